The van der Waals surface area contributed by atoms with Crippen LogP contribution in [-0.4, -0.2) is 19.2 Å². The van der Waals surface area contributed by atoms with Gasteiger partial charge in [0.1, 0.15) is 17.2 Å². The van der Waals surface area contributed by atoms with Gasteiger partial charge in [0.2, 0.25) is 5.88 Å². The molecule has 0 spiro atoms. The number of aromatic nitrogens is 1. The molecule has 18 heavy (non-hydrogen) atoms. The molecule has 94 valence electrons. The van der Waals surface area contributed by atoms with Gasteiger partial charge in [-0.15, -0.1) is 0 Å². The predicted molar refractivity (Wildman–Crippen MR) is 68.3 cm³/mol. The zero-order chi connectivity index (χ0) is 13.0. The number of hydrogen-bond acceptors (Lipinski definition) is 5. The zero-order valence-electron chi connectivity index (χ0n) is 10.2. The van der Waals surface area contributed by atoms with Crippen molar-refractivity contribution in [3.05, 3.63) is 36.5 Å². The average Bonchev–Trinajstić information content (AvgIpc) is 2.39. The molecule has 0 atom stereocenters. The summed E-state index contributed by atoms with van der Waals surface area (Å²) in [5, 5.41) is 0. The Hall–Kier alpha value is -2.43. The summed E-state index contributed by atoms with van der Waals surface area (Å²) in [5.74, 6) is 2.37. The number of rotatable bonds is 4. The molecule has 0 saturated heterocycles. The molecule has 0 radical (unpaired) electrons. The van der Waals surface area contributed by atoms with E-state index < -0.39 is 0 Å². The van der Waals surface area contributed by atoms with E-state index in [2.05, 4.69) is 4.98 Å². The third-order valence-corrected chi connectivity index (χ3v) is 2.35. The Balaban J connectivity index is 2.20. The summed E-state index contributed by atoms with van der Waals surface area (Å²) in [6.45, 7) is 0. The smallest absolute Gasteiger partial charge is 0.216 e. The quantitative estimate of drug-likeness (QED) is 0.839. The first-order chi connectivity index (χ1) is 8.72. The average molecular weight is 246 g/mol. The summed E-state index contributed by atoms with van der Waals surface area (Å²) < 4.78 is 15.7. The second kappa shape index (κ2) is 5.27. The lowest BCUT2D eigenvalue weighted by Gasteiger charge is -2.09. The van der Waals surface area contributed by atoms with E-state index in [0.29, 0.717) is 28.8 Å². The van der Waals surface area contributed by atoms with Gasteiger partial charge in [-0.3, -0.25) is 0 Å². The number of hydrogen-bond donors (Lipinski definition) is 1. The molecule has 1 aromatic carbocycles. The maximum atomic E-state index is 5.80. The van der Waals surface area contributed by atoms with E-state index in [4.69, 9.17) is 19.9 Å². The molecular formula is C13H14N2O3. The number of nitrogens with two attached hydrogens (primary N) is 1. The Labute approximate surface area is 105 Å². The van der Waals surface area contributed by atoms with E-state index in [1.165, 1.54) is 0 Å². The Morgan fingerprint density at radius 2 is 1.78 bits per heavy atom. The fourth-order valence-electron chi connectivity index (χ4n) is 1.48. The first-order valence-corrected chi connectivity index (χ1v) is 5.34. The Bertz CT molecular complexity index is 544. The second-order valence-corrected chi connectivity index (χ2v) is 3.54. The number of nitrogen functional groups attached to an aromatic ring is 1. The van der Waals surface area contributed by atoms with Gasteiger partial charge in [0, 0.05) is 18.3 Å². The number of nitrogens with zero attached hydrogens (tertiary/aromatic N) is 1. The van der Waals surface area contributed by atoms with Crippen LogP contribution in [0.1, 0.15) is 0 Å². The van der Waals surface area contributed by atoms with Crippen LogP contribution < -0.4 is 19.9 Å². The minimum absolute atomic E-state index is 0.494. The highest BCUT2D eigenvalue weighted by atomic mass is 16.5. The van der Waals surface area contributed by atoms with Gasteiger partial charge in [0.15, 0.2) is 0 Å². The molecule has 1 heterocycles. The first-order valence-electron chi connectivity index (χ1n) is 5.34. The van der Waals surface area contributed by atoms with Crippen molar-refractivity contribution in [1.82, 2.24) is 4.98 Å². The largest absolute Gasteiger partial charge is 0.495 e. The monoisotopic (exact) mass is 246 g/mol. The van der Waals surface area contributed by atoms with Crippen LogP contribution in [0.5, 0.6) is 23.1 Å². The molecular weight excluding hydrogens is 232 g/mol. The van der Waals surface area contributed by atoms with Crippen molar-refractivity contribution in [3.8, 4) is 23.1 Å². The summed E-state index contributed by atoms with van der Waals surface area (Å²) in [6.07, 6.45) is 1.61. The molecule has 5 heteroatoms. The molecule has 1 aromatic heterocycles. The summed E-state index contributed by atoms with van der Waals surface area (Å²) in [6, 6.07) is 8.67. The third-order valence-electron chi connectivity index (χ3n) is 2.35. The topological polar surface area (TPSA) is 66.6 Å². The van der Waals surface area contributed by atoms with Crippen molar-refractivity contribution in [2.45, 2.75) is 0 Å². The SMILES string of the molecule is COc1cc(Oc2ccc(OC)c(N)c2)ccn1. The van der Waals surface area contributed by atoms with E-state index >= 15 is 0 Å². The van der Waals surface area contributed by atoms with Crippen LogP contribution in [0.2, 0.25) is 0 Å². The molecule has 0 saturated carbocycles. The highest BCUT2D eigenvalue weighted by Crippen LogP contribution is 2.29. The Morgan fingerprint density at radius 3 is 2.44 bits per heavy atom. The van der Waals surface area contributed by atoms with Crippen LogP contribution in [0.15, 0.2) is 36.5 Å². The summed E-state index contributed by atoms with van der Waals surface area (Å²) in [5.41, 5.74) is 6.32. The van der Waals surface area contributed by atoms with Crippen LogP contribution in [0, 0.1) is 0 Å². The van der Waals surface area contributed by atoms with Crippen molar-refractivity contribution in [2.24, 2.45) is 0 Å². The number of pyridine rings is 1. The van der Waals surface area contributed by atoms with Crippen LogP contribution in [0.25, 0.3) is 0 Å². The highest BCUT2D eigenvalue weighted by molar-refractivity contribution is 5.56. The van der Waals surface area contributed by atoms with Gasteiger partial charge < -0.3 is 19.9 Å². The minimum Gasteiger partial charge on any atom is -0.495 e. The van der Waals surface area contributed by atoms with Crippen molar-refractivity contribution < 1.29 is 14.2 Å². The van der Waals surface area contributed by atoms with Gasteiger partial charge in [0.25, 0.3) is 0 Å². The van der Waals surface area contributed by atoms with E-state index in [1.807, 2.05) is 0 Å². The van der Waals surface area contributed by atoms with Crippen LogP contribution in [0.4, 0.5) is 5.69 Å². The van der Waals surface area contributed by atoms with Gasteiger partial charge in [-0.1, -0.05) is 0 Å². The Morgan fingerprint density at radius 1 is 1.00 bits per heavy atom. The first kappa shape index (κ1) is 12.0. The van der Waals surface area contributed by atoms with E-state index in [1.54, 1.807) is 50.7 Å². The fourth-order valence-corrected chi connectivity index (χ4v) is 1.48. The van der Waals surface area contributed by atoms with E-state index in [0.717, 1.165) is 0 Å². The molecule has 2 N–H and O–H groups in total. The highest BCUT2D eigenvalue weighted by Gasteiger charge is 2.04. The zero-order valence-corrected chi connectivity index (χ0v) is 10.2. The Kier molecular flexibility index (Phi) is 3.52. The van der Waals surface area contributed by atoms with E-state index in [9.17, 15) is 0 Å². The summed E-state index contributed by atoms with van der Waals surface area (Å²) in [7, 11) is 3.12. The molecule has 0 unspecified atom stereocenters. The molecule has 0 bridgehead atoms. The molecule has 0 fully saturated rings. The lowest BCUT2D eigenvalue weighted by Crippen LogP contribution is -1.93. The number of benzene rings is 1. The molecule has 0 aliphatic rings. The molecule has 0 aliphatic heterocycles. The van der Waals surface area contributed by atoms with Crippen molar-refractivity contribution in [2.75, 3.05) is 20.0 Å². The van der Waals surface area contributed by atoms with Crippen LogP contribution in [0.3, 0.4) is 0 Å². The number of ether oxygens (including phenoxy) is 3. The molecule has 2 aromatic rings. The lowest BCUT2D eigenvalue weighted by molar-refractivity contribution is 0.392. The van der Waals surface area contributed by atoms with Crippen molar-refractivity contribution in [1.29, 1.82) is 0 Å². The standard InChI is InChI=1S/C13H14N2O3/c1-16-12-4-3-9(7-11(12)14)18-10-5-6-15-13(8-10)17-2/h3-8H,14H2,1-2H3. The van der Waals surface area contributed by atoms with Crippen LogP contribution >= 0.6 is 0 Å². The van der Waals surface area contributed by atoms with Crippen LogP contribution in [-0.2, 0) is 0 Å². The van der Waals surface area contributed by atoms with Gasteiger partial charge in [0.05, 0.1) is 19.9 Å². The lowest BCUT2D eigenvalue weighted by atomic mass is 10.3. The normalized spacial score (nSPS) is 9.89. The predicted octanol–water partition coefficient (Wildman–Crippen LogP) is 2.47. The summed E-state index contributed by atoms with van der Waals surface area (Å²) >= 11 is 0. The number of anilines is 1. The van der Waals surface area contributed by atoms with E-state index in [-0.39, 0.29) is 0 Å². The maximum absolute atomic E-state index is 5.80. The molecule has 2 rings (SSSR count). The van der Waals surface area contributed by atoms with Gasteiger partial charge in [-0.2, -0.15) is 0 Å². The second-order valence-electron chi connectivity index (χ2n) is 3.54. The van der Waals surface area contributed by atoms with Gasteiger partial charge in [-0.05, 0) is 18.2 Å². The molecule has 0 aliphatic carbocycles. The molecule has 5 nitrogen and oxygen atoms in total. The fraction of sp³-hybridized carbons (Fsp3) is 0.154. The maximum Gasteiger partial charge on any atom is 0.216 e. The minimum atomic E-state index is 0.494. The summed E-state index contributed by atoms with van der Waals surface area (Å²) in [4.78, 5) is 4.00. The van der Waals surface area contributed by atoms with Crippen molar-refractivity contribution in [3.63, 3.8) is 0 Å². The third kappa shape index (κ3) is 2.63. The number of methoxy groups -OCH3 is 2. The van der Waals surface area contributed by atoms with Gasteiger partial charge in [-0.25, -0.2) is 4.98 Å². The molecule has 0 amide bonds. The van der Waals surface area contributed by atoms with Crippen molar-refractivity contribution >= 4 is 5.69 Å². The van der Waals surface area contributed by atoms with Gasteiger partial charge >= 0.3 is 0 Å².